The van der Waals surface area contributed by atoms with Crippen LogP contribution < -0.4 is 21.9 Å². The third-order valence-corrected chi connectivity index (χ3v) is 7.79. The van der Waals surface area contributed by atoms with Crippen molar-refractivity contribution >= 4 is 38.8 Å². The van der Waals surface area contributed by atoms with Gasteiger partial charge < -0.3 is 25.6 Å². The summed E-state index contributed by atoms with van der Waals surface area (Å²) in [6.45, 7) is 0.556. The van der Waals surface area contributed by atoms with E-state index >= 15 is 0 Å². The van der Waals surface area contributed by atoms with Gasteiger partial charge in [-0.1, -0.05) is 5.16 Å². The predicted molar refractivity (Wildman–Crippen MR) is 141 cm³/mol. The second kappa shape index (κ2) is 8.96. The fraction of sp³-hybridized carbons (Fsp3) is 0.240. The van der Waals surface area contributed by atoms with Gasteiger partial charge in [-0.25, -0.2) is 9.97 Å². The number of hydrogen-bond donors (Lipinski definition) is 3. The highest BCUT2D eigenvalue weighted by atomic mass is 32.1. The van der Waals surface area contributed by atoms with Crippen molar-refractivity contribution in [3.8, 4) is 11.4 Å². The van der Waals surface area contributed by atoms with Gasteiger partial charge in [-0.05, 0) is 30.7 Å². The molecule has 0 saturated carbocycles. The van der Waals surface area contributed by atoms with Crippen molar-refractivity contribution in [1.29, 1.82) is 0 Å². The molecule has 5 aromatic rings. The minimum absolute atomic E-state index is 0.173. The summed E-state index contributed by atoms with van der Waals surface area (Å²) in [6.07, 6.45) is 7.43. The Morgan fingerprint density at radius 1 is 1.26 bits per heavy atom. The van der Waals surface area contributed by atoms with Crippen LogP contribution in [0.3, 0.4) is 0 Å². The molecule has 1 unspecified atom stereocenters. The number of amides is 1. The maximum Gasteiger partial charge on any atom is 0.282 e. The molecule has 0 aromatic carbocycles. The molecule has 0 spiro atoms. The molecular formula is C25H21N9O4S. The first-order valence-electron chi connectivity index (χ1n) is 12.2. The Kier molecular flexibility index (Phi) is 5.38. The molecule has 13 nitrogen and oxygen atoms in total. The van der Waals surface area contributed by atoms with Crippen molar-refractivity contribution in [3.63, 3.8) is 0 Å². The number of carbonyl (C=O) groups is 1. The SMILES string of the molecule is Nc1cc2sc(CNC(=O)[C@@H]3CCc4ncc(NC5(c6nc(-c7cccnc7)no6)CO5)c(=O)n43)cc2cn1. The Morgan fingerprint density at radius 3 is 2.97 bits per heavy atom. The summed E-state index contributed by atoms with van der Waals surface area (Å²) in [4.78, 5) is 44.7. The smallest absolute Gasteiger partial charge is 0.282 e. The van der Waals surface area contributed by atoms with E-state index in [9.17, 15) is 9.59 Å². The van der Waals surface area contributed by atoms with Crippen LogP contribution in [0.2, 0.25) is 0 Å². The highest BCUT2D eigenvalue weighted by molar-refractivity contribution is 7.19. The number of ether oxygens (including phenoxy) is 1. The molecule has 4 N–H and O–H groups in total. The number of nitrogen functional groups attached to an aromatic ring is 1. The number of nitrogens with two attached hydrogens (primary N) is 1. The number of aromatic nitrogens is 6. The average Bonchev–Trinajstić information content (AvgIpc) is 3.31. The van der Waals surface area contributed by atoms with Crippen molar-refractivity contribution in [1.82, 2.24) is 35.0 Å². The van der Waals surface area contributed by atoms with E-state index < -0.39 is 11.8 Å². The Morgan fingerprint density at radius 2 is 2.15 bits per heavy atom. The topological polar surface area (TPSA) is 179 Å². The Labute approximate surface area is 224 Å². The predicted octanol–water partition coefficient (Wildman–Crippen LogP) is 1.98. The first-order chi connectivity index (χ1) is 19.0. The van der Waals surface area contributed by atoms with Crippen molar-refractivity contribution in [2.45, 2.75) is 31.2 Å². The van der Waals surface area contributed by atoms with Crippen LogP contribution in [-0.2, 0) is 28.2 Å². The lowest BCUT2D eigenvalue weighted by Gasteiger charge is -2.16. The molecule has 2 aliphatic rings. The largest absolute Gasteiger partial charge is 0.384 e. The second-order valence-corrected chi connectivity index (χ2v) is 10.5. The van der Waals surface area contributed by atoms with Crippen molar-refractivity contribution in [3.05, 3.63) is 76.0 Å². The van der Waals surface area contributed by atoms with Crippen LogP contribution in [0.5, 0.6) is 0 Å². The molecule has 14 heteroatoms. The molecule has 2 atom stereocenters. The van der Waals surface area contributed by atoms with E-state index in [0.29, 0.717) is 42.4 Å². The summed E-state index contributed by atoms with van der Waals surface area (Å²) in [6, 6.07) is 6.68. The zero-order valence-electron chi connectivity index (χ0n) is 20.3. The van der Waals surface area contributed by atoms with Crippen LogP contribution >= 0.6 is 11.3 Å². The van der Waals surface area contributed by atoms with Crippen LogP contribution in [0.25, 0.3) is 21.5 Å². The number of nitrogens with zero attached hydrogens (tertiary/aromatic N) is 6. The molecule has 39 heavy (non-hydrogen) atoms. The number of nitrogens with one attached hydrogen (secondary N) is 2. The first kappa shape index (κ1) is 23.4. The first-order valence-corrected chi connectivity index (χ1v) is 13.0. The van der Waals surface area contributed by atoms with E-state index in [4.69, 9.17) is 15.0 Å². The molecule has 1 amide bonds. The lowest BCUT2D eigenvalue weighted by Crippen LogP contribution is -2.37. The number of carbonyl (C=O) groups excluding carboxylic acids is 1. The van der Waals surface area contributed by atoms with E-state index in [0.717, 1.165) is 15.0 Å². The summed E-state index contributed by atoms with van der Waals surface area (Å²) >= 11 is 1.54. The molecule has 1 fully saturated rings. The molecule has 7 heterocycles. The van der Waals surface area contributed by atoms with E-state index in [1.165, 1.54) is 22.1 Å². The number of anilines is 2. The third kappa shape index (κ3) is 4.19. The molecule has 0 radical (unpaired) electrons. The average molecular weight is 544 g/mol. The number of epoxide rings is 1. The van der Waals surface area contributed by atoms with Crippen LogP contribution in [-0.4, -0.2) is 42.2 Å². The van der Waals surface area contributed by atoms with Gasteiger partial charge in [-0.15, -0.1) is 11.3 Å². The molecule has 7 rings (SSSR count). The Bertz CT molecular complexity index is 1780. The lowest BCUT2D eigenvalue weighted by atomic mass is 10.2. The van der Waals surface area contributed by atoms with Gasteiger partial charge in [0.2, 0.25) is 17.5 Å². The van der Waals surface area contributed by atoms with Gasteiger partial charge >= 0.3 is 0 Å². The maximum absolute atomic E-state index is 13.5. The minimum atomic E-state index is -1.14. The van der Waals surface area contributed by atoms with E-state index in [-0.39, 0.29) is 29.7 Å². The van der Waals surface area contributed by atoms with Crippen molar-refractivity contribution in [2.24, 2.45) is 0 Å². The van der Waals surface area contributed by atoms with Gasteiger partial charge in [0, 0.05) is 45.5 Å². The zero-order chi connectivity index (χ0) is 26.6. The van der Waals surface area contributed by atoms with Crippen molar-refractivity contribution < 1.29 is 14.1 Å². The molecule has 0 bridgehead atoms. The molecule has 1 saturated heterocycles. The molecule has 0 aliphatic carbocycles. The fourth-order valence-electron chi connectivity index (χ4n) is 4.66. The van der Waals surface area contributed by atoms with Gasteiger partial charge in [0.05, 0.1) is 12.7 Å². The molecule has 2 aliphatic heterocycles. The van der Waals surface area contributed by atoms with Crippen molar-refractivity contribution in [2.75, 3.05) is 17.7 Å². The van der Waals surface area contributed by atoms with Gasteiger partial charge in [-0.3, -0.25) is 19.1 Å². The number of rotatable bonds is 7. The second-order valence-electron chi connectivity index (χ2n) is 9.30. The number of thiophene rings is 1. The van der Waals surface area contributed by atoms with E-state index in [2.05, 4.69) is 35.7 Å². The summed E-state index contributed by atoms with van der Waals surface area (Å²) in [5.41, 5.74) is 5.12. The van der Waals surface area contributed by atoms with Crippen LogP contribution in [0.15, 0.2) is 58.4 Å². The highest BCUT2D eigenvalue weighted by Crippen LogP contribution is 2.38. The standard InChI is InChI=1S/C25H21N9O4S/c26-19-7-18-14(9-28-19)6-15(39-18)10-30-22(35)17-3-4-20-29-11-16(23(36)34(17)20)32-25(12-37-25)24-31-21(33-38-24)13-2-1-5-27-8-13/h1-2,5-9,11,17,32H,3-4,10,12H2,(H2,26,28)(H,30,35)/t17-,25?/m0/s1. The highest BCUT2D eigenvalue weighted by Gasteiger charge is 2.53. The van der Waals surface area contributed by atoms with Crippen LogP contribution in [0.1, 0.15) is 29.1 Å². The number of hydrogen-bond acceptors (Lipinski definition) is 12. The normalized spacial score (nSPS) is 19.6. The third-order valence-electron chi connectivity index (χ3n) is 6.70. The Balaban J connectivity index is 1.09. The van der Waals surface area contributed by atoms with Gasteiger partial charge in [-0.2, -0.15) is 4.98 Å². The summed E-state index contributed by atoms with van der Waals surface area (Å²) < 4.78 is 13.5. The molecule has 5 aromatic heterocycles. The maximum atomic E-state index is 13.5. The Hall–Kier alpha value is -4.69. The summed E-state index contributed by atoms with van der Waals surface area (Å²) in [7, 11) is 0. The number of pyridine rings is 2. The van der Waals surface area contributed by atoms with Crippen LogP contribution in [0.4, 0.5) is 11.5 Å². The van der Waals surface area contributed by atoms with E-state index in [1.54, 1.807) is 24.7 Å². The van der Waals surface area contributed by atoms with Gasteiger partial charge in [0.1, 0.15) is 30.0 Å². The fourth-order valence-corrected chi connectivity index (χ4v) is 5.68. The minimum Gasteiger partial charge on any atom is -0.384 e. The van der Waals surface area contributed by atoms with Gasteiger partial charge in [0.15, 0.2) is 0 Å². The summed E-state index contributed by atoms with van der Waals surface area (Å²) in [5.74, 6) is 1.29. The van der Waals surface area contributed by atoms with Gasteiger partial charge in [0.25, 0.3) is 11.4 Å². The van der Waals surface area contributed by atoms with E-state index in [1.807, 2.05) is 18.2 Å². The lowest BCUT2D eigenvalue weighted by molar-refractivity contribution is -0.124. The zero-order valence-corrected chi connectivity index (χ0v) is 21.1. The molecular weight excluding hydrogens is 522 g/mol. The number of aryl methyl sites for hydroxylation is 1. The monoisotopic (exact) mass is 543 g/mol. The molecule has 196 valence electrons. The summed E-state index contributed by atoms with van der Waals surface area (Å²) in [5, 5.41) is 11.0. The quantitative estimate of drug-likeness (QED) is 0.256. The van der Waals surface area contributed by atoms with Crippen LogP contribution in [0, 0.1) is 0 Å². The number of fused-ring (bicyclic) bond motifs is 2.